The van der Waals surface area contributed by atoms with Crippen molar-refractivity contribution in [3.8, 4) is 5.75 Å². The quantitative estimate of drug-likeness (QED) is 0.690. The molecule has 0 unspecified atom stereocenters. The van der Waals surface area contributed by atoms with Gasteiger partial charge in [0.2, 0.25) is 0 Å². The van der Waals surface area contributed by atoms with Gasteiger partial charge in [-0.05, 0) is 36.1 Å². The first-order chi connectivity index (χ1) is 12.9. The lowest BCUT2D eigenvalue weighted by Crippen LogP contribution is -2.36. The second-order valence-corrected chi connectivity index (χ2v) is 6.83. The van der Waals surface area contributed by atoms with Gasteiger partial charge in [-0.1, -0.05) is 61.8 Å². The van der Waals surface area contributed by atoms with E-state index in [0.29, 0.717) is 10.8 Å². The Balaban J connectivity index is 1.81. The van der Waals surface area contributed by atoms with E-state index in [-0.39, 0.29) is 19.1 Å². The molecule has 1 amide bonds. The van der Waals surface area contributed by atoms with Crippen molar-refractivity contribution in [1.82, 2.24) is 5.32 Å². The molecule has 27 heavy (non-hydrogen) atoms. The van der Waals surface area contributed by atoms with Gasteiger partial charge in [0.25, 0.3) is 5.91 Å². The summed E-state index contributed by atoms with van der Waals surface area (Å²) in [5, 5.41) is 3.27. The lowest BCUT2D eigenvalue weighted by atomic mass is 10.0. The van der Waals surface area contributed by atoms with Gasteiger partial charge >= 0.3 is 5.97 Å². The van der Waals surface area contributed by atoms with Gasteiger partial charge in [-0.25, -0.2) is 4.79 Å². The molecule has 0 spiro atoms. The summed E-state index contributed by atoms with van der Waals surface area (Å²) in [5.41, 5.74) is 1.80. The number of hydrogen-bond donors (Lipinski definition) is 1. The fourth-order valence-corrected chi connectivity index (χ4v) is 2.68. The minimum atomic E-state index is -0.927. The van der Waals surface area contributed by atoms with E-state index in [1.54, 1.807) is 6.07 Å². The van der Waals surface area contributed by atoms with Gasteiger partial charge < -0.3 is 14.8 Å². The summed E-state index contributed by atoms with van der Waals surface area (Å²) in [6, 6.07) is 14.7. The van der Waals surface area contributed by atoms with Crippen molar-refractivity contribution in [3.63, 3.8) is 0 Å². The van der Waals surface area contributed by atoms with E-state index in [0.717, 1.165) is 11.1 Å². The van der Waals surface area contributed by atoms with Gasteiger partial charge in [0.05, 0.1) is 0 Å². The molecule has 2 rings (SSSR count). The molecule has 144 valence electrons. The lowest BCUT2D eigenvalue weighted by Gasteiger charge is -2.16. The van der Waals surface area contributed by atoms with Crippen molar-refractivity contribution in [3.05, 3.63) is 64.7 Å². The number of hydrogen-bond acceptors (Lipinski definition) is 4. The third-order valence-corrected chi connectivity index (χ3v) is 4.34. The zero-order chi connectivity index (χ0) is 19.8. The molecule has 0 aliphatic rings. The maximum Gasteiger partial charge on any atom is 0.344 e. The fourth-order valence-electron chi connectivity index (χ4n) is 2.48. The average Bonchev–Trinajstić information content (AvgIpc) is 2.65. The monoisotopic (exact) mass is 389 g/mol. The molecule has 0 aliphatic heterocycles. The Kier molecular flexibility index (Phi) is 7.67. The Hall–Kier alpha value is -2.53. The molecular weight excluding hydrogens is 366 g/mol. The van der Waals surface area contributed by atoms with Crippen LogP contribution >= 0.6 is 11.6 Å². The smallest absolute Gasteiger partial charge is 0.344 e. The highest BCUT2D eigenvalue weighted by atomic mass is 35.5. The van der Waals surface area contributed by atoms with Gasteiger partial charge in [-0.15, -0.1) is 0 Å². The average molecular weight is 390 g/mol. The van der Waals surface area contributed by atoms with Crippen LogP contribution in [0.3, 0.4) is 0 Å². The number of carbonyl (C=O) groups is 2. The summed E-state index contributed by atoms with van der Waals surface area (Å²) >= 11 is 6.05. The minimum absolute atomic E-state index is 0.258. The van der Waals surface area contributed by atoms with Crippen LogP contribution in [0.4, 0.5) is 0 Å². The summed E-state index contributed by atoms with van der Waals surface area (Å²) in [6.07, 6.45) is -0.927. The van der Waals surface area contributed by atoms with Crippen molar-refractivity contribution in [2.45, 2.75) is 39.3 Å². The molecule has 1 atom stereocenters. The van der Waals surface area contributed by atoms with Gasteiger partial charge in [0.1, 0.15) is 5.75 Å². The van der Waals surface area contributed by atoms with Gasteiger partial charge in [-0.2, -0.15) is 0 Å². The molecule has 0 saturated heterocycles. The Labute approximate surface area is 164 Å². The summed E-state index contributed by atoms with van der Waals surface area (Å²) in [4.78, 5) is 24.1. The van der Waals surface area contributed by atoms with Crippen LogP contribution in [0.5, 0.6) is 5.75 Å². The number of para-hydroxylation sites is 1. The van der Waals surface area contributed by atoms with Crippen LogP contribution in [0.25, 0.3) is 0 Å². The second kappa shape index (κ2) is 9.97. The Morgan fingerprint density at radius 3 is 2.41 bits per heavy atom. The molecule has 2 aromatic carbocycles. The molecule has 0 radical (unpaired) electrons. The van der Waals surface area contributed by atoms with Crippen molar-refractivity contribution in [1.29, 1.82) is 0 Å². The van der Waals surface area contributed by atoms with Crippen molar-refractivity contribution >= 4 is 23.5 Å². The van der Waals surface area contributed by atoms with Crippen molar-refractivity contribution < 1.29 is 19.1 Å². The van der Waals surface area contributed by atoms with Crippen LogP contribution in [0, 0.1) is 0 Å². The van der Waals surface area contributed by atoms with Crippen LogP contribution in [0.15, 0.2) is 48.5 Å². The van der Waals surface area contributed by atoms with Crippen molar-refractivity contribution in [2.75, 3.05) is 6.61 Å². The zero-order valence-corrected chi connectivity index (χ0v) is 16.5. The molecule has 1 N–H and O–H groups in total. The number of esters is 1. The molecule has 0 aromatic heterocycles. The van der Waals surface area contributed by atoms with Crippen LogP contribution in [-0.2, 0) is 20.9 Å². The topological polar surface area (TPSA) is 64.6 Å². The van der Waals surface area contributed by atoms with E-state index in [9.17, 15) is 9.59 Å². The molecule has 0 fully saturated rings. The molecule has 2 aromatic rings. The molecular formula is C21H24ClNO4. The normalized spacial score (nSPS) is 11.7. The molecule has 5 nitrogen and oxygen atoms in total. The highest BCUT2D eigenvalue weighted by Gasteiger charge is 2.18. The Morgan fingerprint density at radius 2 is 1.70 bits per heavy atom. The predicted molar refractivity (Wildman–Crippen MR) is 105 cm³/mol. The summed E-state index contributed by atoms with van der Waals surface area (Å²) in [6.45, 7) is 5.62. The van der Waals surface area contributed by atoms with Crippen LogP contribution in [-0.4, -0.2) is 24.6 Å². The van der Waals surface area contributed by atoms with Crippen molar-refractivity contribution in [2.24, 2.45) is 0 Å². The highest BCUT2D eigenvalue weighted by Crippen LogP contribution is 2.25. The maximum absolute atomic E-state index is 12.1. The van der Waals surface area contributed by atoms with E-state index in [2.05, 4.69) is 5.32 Å². The predicted octanol–water partition coefficient (Wildman–Crippen LogP) is 4.09. The third kappa shape index (κ3) is 6.29. The summed E-state index contributed by atoms with van der Waals surface area (Å²) in [7, 11) is 0. The third-order valence-electron chi connectivity index (χ3n) is 3.97. The number of amides is 1. The summed E-state index contributed by atoms with van der Waals surface area (Å²) in [5.74, 6) is -0.0909. The highest BCUT2D eigenvalue weighted by molar-refractivity contribution is 6.31. The number of carbonyl (C=O) groups excluding carboxylic acids is 2. The van der Waals surface area contributed by atoms with E-state index < -0.39 is 18.0 Å². The molecule has 0 bridgehead atoms. The SMILES string of the molecule is CC(C)c1ccccc1OCC(=O)O[C@@H](C)C(=O)NCc1ccccc1Cl. The van der Waals surface area contributed by atoms with E-state index in [1.165, 1.54) is 6.92 Å². The first-order valence-electron chi connectivity index (χ1n) is 8.80. The number of nitrogens with one attached hydrogen (secondary N) is 1. The largest absolute Gasteiger partial charge is 0.482 e. The maximum atomic E-state index is 12.1. The number of ether oxygens (including phenoxy) is 2. The van der Waals surface area contributed by atoms with Gasteiger partial charge in [0, 0.05) is 11.6 Å². The second-order valence-electron chi connectivity index (χ2n) is 6.42. The van der Waals surface area contributed by atoms with E-state index in [1.807, 2.05) is 56.3 Å². The molecule has 0 aliphatic carbocycles. The Bertz CT molecular complexity index is 791. The molecule has 0 heterocycles. The molecule has 6 heteroatoms. The fraction of sp³-hybridized carbons (Fsp3) is 0.333. The van der Waals surface area contributed by atoms with Gasteiger partial charge in [0.15, 0.2) is 12.7 Å². The Morgan fingerprint density at radius 1 is 1.04 bits per heavy atom. The molecule has 0 saturated carbocycles. The minimum Gasteiger partial charge on any atom is -0.482 e. The first kappa shape index (κ1) is 20.8. The standard InChI is InChI=1S/C21H24ClNO4/c1-14(2)17-9-5-7-11-19(17)26-13-20(24)27-15(3)21(25)23-12-16-8-4-6-10-18(16)22/h4-11,14-15H,12-13H2,1-3H3,(H,23,25)/t15-/m0/s1. The summed E-state index contributed by atoms with van der Waals surface area (Å²) < 4.78 is 10.7. The number of halogens is 1. The first-order valence-corrected chi connectivity index (χ1v) is 9.18. The van der Waals surface area contributed by atoms with E-state index in [4.69, 9.17) is 21.1 Å². The lowest BCUT2D eigenvalue weighted by molar-refractivity contribution is -0.156. The van der Waals surface area contributed by atoms with Gasteiger partial charge in [-0.3, -0.25) is 4.79 Å². The van der Waals surface area contributed by atoms with E-state index >= 15 is 0 Å². The zero-order valence-electron chi connectivity index (χ0n) is 15.7. The van der Waals surface area contributed by atoms with Crippen LogP contribution < -0.4 is 10.1 Å². The number of benzene rings is 2. The van der Waals surface area contributed by atoms with Crippen LogP contribution in [0.2, 0.25) is 5.02 Å². The van der Waals surface area contributed by atoms with Crippen LogP contribution in [0.1, 0.15) is 37.8 Å². The number of rotatable bonds is 8.